The molecule has 0 aromatic carbocycles. The van der Waals surface area contributed by atoms with E-state index in [0.717, 1.165) is 11.3 Å². The summed E-state index contributed by atoms with van der Waals surface area (Å²) in [6, 6.07) is 3.50. The lowest BCUT2D eigenvalue weighted by atomic mass is 10.3. The van der Waals surface area contributed by atoms with Crippen LogP contribution in [0, 0.1) is 0 Å². The molecule has 1 aliphatic heterocycles. The molecule has 0 saturated carbocycles. The topological polar surface area (TPSA) is 66.8 Å². The SMILES string of the molecule is CCc1ccc(S(=O)(=O)N2CCOC(CO)C2)s1. The van der Waals surface area contributed by atoms with Crippen LogP contribution in [0.3, 0.4) is 0 Å². The van der Waals surface area contributed by atoms with Crippen LogP contribution >= 0.6 is 11.3 Å². The Balaban J connectivity index is 2.19. The minimum absolute atomic E-state index is 0.156. The van der Waals surface area contributed by atoms with Gasteiger partial charge >= 0.3 is 0 Å². The molecular formula is C11H17NO4S2. The van der Waals surface area contributed by atoms with E-state index in [2.05, 4.69) is 0 Å². The lowest BCUT2D eigenvalue weighted by Crippen LogP contribution is -2.46. The molecule has 102 valence electrons. The molecule has 5 nitrogen and oxygen atoms in total. The van der Waals surface area contributed by atoms with Gasteiger partial charge in [-0.25, -0.2) is 8.42 Å². The van der Waals surface area contributed by atoms with Crippen molar-refractivity contribution < 1.29 is 18.3 Å². The Labute approximate surface area is 111 Å². The van der Waals surface area contributed by atoms with Gasteiger partial charge in [-0.3, -0.25) is 0 Å². The average Bonchev–Trinajstić information content (AvgIpc) is 2.88. The Morgan fingerprint density at radius 1 is 1.56 bits per heavy atom. The zero-order chi connectivity index (χ0) is 13.2. The van der Waals surface area contributed by atoms with Gasteiger partial charge in [0.2, 0.25) is 0 Å². The van der Waals surface area contributed by atoms with Crippen molar-refractivity contribution in [2.75, 3.05) is 26.3 Å². The van der Waals surface area contributed by atoms with E-state index in [1.54, 1.807) is 6.07 Å². The predicted molar refractivity (Wildman–Crippen MR) is 69.3 cm³/mol. The van der Waals surface area contributed by atoms with Crippen LogP contribution in [0.2, 0.25) is 0 Å². The van der Waals surface area contributed by atoms with E-state index in [-0.39, 0.29) is 13.2 Å². The van der Waals surface area contributed by atoms with E-state index in [4.69, 9.17) is 9.84 Å². The number of thiophene rings is 1. The molecule has 1 atom stereocenters. The summed E-state index contributed by atoms with van der Waals surface area (Å²) in [5, 5.41) is 9.04. The van der Waals surface area contributed by atoms with Crippen LogP contribution in [0.25, 0.3) is 0 Å². The van der Waals surface area contributed by atoms with Crippen molar-refractivity contribution in [1.29, 1.82) is 0 Å². The predicted octanol–water partition coefficient (Wildman–Crippen LogP) is 0.692. The molecule has 1 aliphatic rings. The van der Waals surface area contributed by atoms with Crippen molar-refractivity contribution in [1.82, 2.24) is 4.31 Å². The Bertz CT molecular complexity index is 497. The number of rotatable bonds is 4. The fraction of sp³-hybridized carbons (Fsp3) is 0.636. The Kier molecular flexibility index (Phi) is 4.39. The van der Waals surface area contributed by atoms with Crippen LogP contribution in [0.4, 0.5) is 0 Å². The Hall–Kier alpha value is -0.470. The Morgan fingerprint density at radius 2 is 2.33 bits per heavy atom. The summed E-state index contributed by atoms with van der Waals surface area (Å²) in [4.78, 5) is 1.06. The zero-order valence-corrected chi connectivity index (χ0v) is 11.8. The molecule has 1 fully saturated rings. The highest BCUT2D eigenvalue weighted by molar-refractivity contribution is 7.91. The summed E-state index contributed by atoms with van der Waals surface area (Å²) in [5.41, 5.74) is 0. The highest BCUT2D eigenvalue weighted by Gasteiger charge is 2.31. The number of aliphatic hydroxyl groups excluding tert-OH is 1. The summed E-state index contributed by atoms with van der Waals surface area (Å²) in [6.45, 7) is 2.74. The minimum atomic E-state index is -3.43. The molecule has 0 radical (unpaired) electrons. The maximum Gasteiger partial charge on any atom is 0.252 e. The molecule has 7 heteroatoms. The molecule has 0 aliphatic carbocycles. The summed E-state index contributed by atoms with van der Waals surface area (Å²) < 4.78 is 31.8. The van der Waals surface area contributed by atoms with Crippen LogP contribution in [0.15, 0.2) is 16.3 Å². The number of aryl methyl sites for hydroxylation is 1. The van der Waals surface area contributed by atoms with Crippen molar-refractivity contribution in [3.63, 3.8) is 0 Å². The number of hydrogen-bond acceptors (Lipinski definition) is 5. The first-order valence-corrected chi connectivity index (χ1v) is 8.15. The van der Waals surface area contributed by atoms with E-state index in [0.29, 0.717) is 17.4 Å². The number of hydrogen-bond donors (Lipinski definition) is 1. The second-order valence-electron chi connectivity index (χ2n) is 4.11. The molecule has 2 heterocycles. The van der Waals surface area contributed by atoms with Crippen molar-refractivity contribution in [2.45, 2.75) is 23.7 Å². The first-order valence-electron chi connectivity index (χ1n) is 5.89. The molecule has 0 spiro atoms. The van der Waals surface area contributed by atoms with Gasteiger partial charge in [-0.1, -0.05) is 6.92 Å². The molecule has 0 amide bonds. The highest BCUT2D eigenvalue weighted by Crippen LogP contribution is 2.26. The van der Waals surface area contributed by atoms with E-state index in [1.807, 2.05) is 13.0 Å². The van der Waals surface area contributed by atoms with Crippen LogP contribution in [0.5, 0.6) is 0 Å². The largest absolute Gasteiger partial charge is 0.394 e. The van der Waals surface area contributed by atoms with Gasteiger partial charge in [-0.05, 0) is 18.6 Å². The maximum absolute atomic E-state index is 12.4. The monoisotopic (exact) mass is 291 g/mol. The maximum atomic E-state index is 12.4. The quantitative estimate of drug-likeness (QED) is 0.886. The molecule has 18 heavy (non-hydrogen) atoms. The molecule has 1 aromatic heterocycles. The molecule has 1 N–H and O–H groups in total. The van der Waals surface area contributed by atoms with Gasteiger partial charge in [0.1, 0.15) is 4.21 Å². The summed E-state index contributed by atoms with van der Waals surface area (Å²) >= 11 is 1.31. The van der Waals surface area contributed by atoms with Crippen molar-refractivity contribution in [3.05, 3.63) is 17.0 Å². The summed E-state index contributed by atoms with van der Waals surface area (Å²) in [6.07, 6.45) is 0.418. The first-order chi connectivity index (χ1) is 8.57. The second-order valence-corrected chi connectivity index (χ2v) is 7.45. The molecule has 0 bridgehead atoms. The molecule has 1 unspecified atom stereocenters. The van der Waals surface area contributed by atoms with Gasteiger partial charge in [-0.2, -0.15) is 4.31 Å². The van der Waals surface area contributed by atoms with Gasteiger partial charge in [0.05, 0.1) is 19.3 Å². The number of sulfonamides is 1. The van der Waals surface area contributed by atoms with E-state index in [1.165, 1.54) is 15.6 Å². The number of ether oxygens (including phenoxy) is 1. The lowest BCUT2D eigenvalue weighted by molar-refractivity contribution is -0.0304. The van der Waals surface area contributed by atoms with Crippen molar-refractivity contribution in [2.24, 2.45) is 0 Å². The summed E-state index contributed by atoms with van der Waals surface area (Å²) in [7, 11) is -3.43. The standard InChI is InChI=1S/C11H17NO4S2/c1-2-10-3-4-11(17-10)18(14,15)12-5-6-16-9(7-12)8-13/h3-4,9,13H,2,5-8H2,1H3. The van der Waals surface area contributed by atoms with Gasteiger partial charge in [-0.15, -0.1) is 11.3 Å². The van der Waals surface area contributed by atoms with Crippen LogP contribution in [0.1, 0.15) is 11.8 Å². The van der Waals surface area contributed by atoms with Crippen LogP contribution < -0.4 is 0 Å². The van der Waals surface area contributed by atoms with E-state index in [9.17, 15) is 8.42 Å². The molecule has 1 aromatic rings. The molecular weight excluding hydrogens is 274 g/mol. The number of nitrogens with zero attached hydrogens (tertiary/aromatic N) is 1. The van der Waals surface area contributed by atoms with Gasteiger partial charge in [0.25, 0.3) is 10.0 Å². The van der Waals surface area contributed by atoms with Gasteiger partial charge in [0, 0.05) is 18.0 Å². The molecule has 2 rings (SSSR count). The normalized spacial score (nSPS) is 22.2. The molecule has 1 saturated heterocycles. The fourth-order valence-electron chi connectivity index (χ4n) is 1.84. The minimum Gasteiger partial charge on any atom is -0.394 e. The number of aliphatic hydroxyl groups is 1. The third kappa shape index (κ3) is 2.75. The average molecular weight is 291 g/mol. The van der Waals surface area contributed by atoms with E-state index >= 15 is 0 Å². The number of morpholine rings is 1. The first kappa shape index (κ1) is 14.0. The third-order valence-corrected chi connectivity index (χ3v) is 6.45. The summed E-state index contributed by atoms with van der Waals surface area (Å²) in [5.74, 6) is 0. The van der Waals surface area contributed by atoms with Crippen molar-refractivity contribution >= 4 is 21.4 Å². The van der Waals surface area contributed by atoms with Crippen LogP contribution in [-0.2, 0) is 21.2 Å². The van der Waals surface area contributed by atoms with Gasteiger partial charge in [0.15, 0.2) is 0 Å². The smallest absolute Gasteiger partial charge is 0.252 e. The lowest BCUT2D eigenvalue weighted by Gasteiger charge is -2.30. The Morgan fingerprint density at radius 3 is 2.94 bits per heavy atom. The van der Waals surface area contributed by atoms with E-state index < -0.39 is 16.1 Å². The zero-order valence-electron chi connectivity index (χ0n) is 10.2. The third-order valence-electron chi connectivity index (χ3n) is 2.88. The second kappa shape index (κ2) is 5.66. The fourth-order valence-corrected chi connectivity index (χ4v) is 4.74. The highest BCUT2D eigenvalue weighted by atomic mass is 32.2. The van der Waals surface area contributed by atoms with Crippen LogP contribution in [-0.4, -0.2) is 50.2 Å². The van der Waals surface area contributed by atoms with Crippen molar-refractivity contribution in [3.8, 4) is 0 Å². The van der Waals surface area contributed by atoms with Gasteiger partial charge < -0.3 is 9.84 Å².